The number of carbonyl (C=O) groups is 6. The number of esters is 1. The fraction of sp³-hybridized carbons (Fsp3) is 0.571. The zero-order valence-corrected chi connectivity index (χ0v) is 20.7. The van der Waals surface area contributed by atoms with Crippen molar-refractivity contribution >= 4 is 51.4 Å². The standard InChI is InChI=1S/C21H26N2O12S/c1-6-34-16(30)14(29)12-7-22-18(36-12)23-17-20(32,10(4)26)21(33,11(5)27)19(31,9(3)25)15(35-17)13(28)8(2)24/h7,13,15,17,28,31-33H,6H2,1-5H3,(H,22,23)/t13?,15-,17-,19-,20-,21+/m1/s1. The van der Waals surface area contributed by atoms with Crippen LogP contribution in [-0.4, -0.2) is 102 Å². The summed E-state index contributed by atoms with van der Waals surface area (Å²) in [6.07, 6.45) is -5.91. The number of aromatic nitrogens is 1. The molecular formula is C21H26N2O12S. The minimum atomic E-state index is -3.63. The van der Waals surface area contributed by atoms with Crippen LogP contribution in [0, 0.1) is 0 Å². The SMILES string of the molecule is CCOC(=O)C(=O)c1cnc(N[C@@H]2O[C@H](C(O)C(C)=O)[C@](O)(C(C)=O)[C@@](O)(C(C)=O)[C@@]2(O)C(C)=O)s1. The molecule has 0 spiro atoms. The van der Waals surface area contributed by atoms with Crippen LogP contribution < -0.4 is 5.32 Å². The molecule has 0 radical (unpaired) electrons. The molecular weight excluding hydrogens is 504 g/mol. The minimum absolute atomic E-state index is 0.0708. The molecule has 1 aromatic heterocycles. The lowest BCUT2D eigenvalue weighted by Gasteiger charge is -2.58. The van der Waals surface area contributed by atoms with Gasteiger partial charge in [0.05, 0.1) is 12.8 Å². The van der Waals surface area contributed by atoms with Crippen LogP contribution in [0.1, 0.15) is 44.3 Å². The van der Waals surface area contributed by atoms with Crippen molar-refractivity contribution in [3.63, 3.8) is 0 Å². The van der Waals surface area contributed by atoms with Crippen molar-refractivity contribution in [3.8, 4) is 0 Å². The van der Waals surface area contributed by atoms with Gasteiger partial charge in [0, 0.05) is 0 Å². The lowest BCUT2D eigenvalue weighted by atomic mass is 9.59. The Kier molecular flexibility index (Phi) is 8.29. The summed E-state index contributed by atoms with van der Waals surface area (Å²) in [6, 6.07) is 0. The maximum atomic E-state index is 12.7. The molecule has 6 atom stereocenters. The molecule has 0 saturated carbocycles. The van der Waals surface area contributed by atoms with Crippen molar-refractivity contribution in [2.75, 3.05) is 11.9 Å². The van der Waals surface area contributed by atoms with Crippen LogP contribution in [0.4, 0.5) is 5.13 Å². The van der Waals surface area contributed by atoms with E-state index in [0.29, 0.717) is 25.2 Å². The summed E-state index contributed by atoms with van der Waals surface area (Å²) in [5.41, 5.74) is -10.5. The number of aliphatic hydroxyl groups excluding tert-OH is 1. The number of thiazole rings is 1. The Labute approximate surface area is 208 Å². The van der Waals surface area contributed by atoms with Crippen LogP contribution in [0.15, 0.2) is 6.20 Å². The summed E-state index contributed by atoms with van der Waals surface area (Å²) in [5, 5.41) is 46.6. The normalized spacial score (nSPS) is 30.7. The van der Waals surface area contributed by atoms with Crippen LogP contribution in [0.3, 0.4) is 0 Å². The van der Waals surface area contributed by atoms with Crippen molar-refractivity contribution in [2.24, 2.45) is 0 Å². The van der Waals surface area contributed by atoms with Gasteiger partial charge < -0.3 is 35.2 Å². The number of anilines is 1. The lowest BCUT2D eigenvalue weighted by Crippen LogP contribution is -2.88. The van der Waals surface area contributed by atoms with Crippen molar-refractivity contribution in [2.45, 2.75) is 69.9 Å². The van der Waals surface area contributed by atoms with E-state index < -0.39 is 70.1 Å². The second kappa shape index (κ2) is 10.2. The van der Waals surface area contributed by atoms with E-state index in [2.05, 4.69) is 15.0 Å². The van der Waals surface area contributed by atoms with Gasteiger partial charge in [-0.15, -0.1) is 0 Å². The fourth-order valence-electron chi connectivity index (χ4n) is 3.97. The Morgan fingerprint density at radius 1 is 1.06 bits per heavy atom. The van der Waals surface area contributed by atoms with E-state index in [1.165, 1.54) is 6.92 Å². The molecule has 0 aliphatic carbocycles. The van der Waals surface area contributed by atoms with Gasteiger partial charge in [0.25, 0.3) is 5.78 Å². The van der Waals surface area contributed by atoms with E-state index in [1.54, 1.807) is 0 Å². The zero-order chi connectivity index (χ0) is 27.8. The molecule has 1 aliphatic heterocycles. The fourth-order valence-corrected chi connectivity index (χ4v) is 4.73. The highest BCUT2D eigenvalue weighted by atomic mass is 32.1. The maximum Gasteiger partial charge on any atom is 0.380 e. The molecule has 36 heavy (non-hydrogen) atoms. The Bertz CT molecular complexity index is 1120. The van der Waals surface area contributed by atoms with Crippen LogP contribution >= 0.6 is 11.3 Å². The highest BCUT2D eigenvalue weighted by molar-refractivity contribution is 7.18. The van der Waals surface area contributed by atoms with E-state index in [4.69, 9.17) is 4.74 Å². The second-order valence-corrected chi connectivity index (χ2v) is 9.16. The van der Waals surface area contributed by atoms with Crippen molar-refractivity contribution in [1.29, 1.82) is 0 Å². The van der Waals surface area contributed by atoms with Crippen molar-refractivity contribution < 1.29 is 58.7 Å². The zero-order valence-electron chi connectivity index (χ0n) is 19.9. The van der Waals surface area contributed by atoms with Gasteiger partial charge in [0.2, 0.25) is 11.2 Å². The number of carbonyl (C=O) groups excluding carboxylic acids is 6. The third-order valence-corrected chi connectivity index (χ3v) is 6.84. The predicted molar refractivity (Wildman–Crippen MR) is 119 cm³/mol. The molecule has 2 rings (SSSR count). The first-order valence-corrected chi connectivity index (χ1v) is 11.3. The van der Waals surface area contributed by atoms with Crippen LogP contribution in [0.25, 0.3) is 0 Å². The smallest absolute Gasteiger partial charge is 0.380 e. The number of aliphatic hydroxyl groups is 4. The summed E-state index contributed by atoms with van der Waals surface area (Å²) in [6.45, 7) is 4.37. The highest BCUT2D eigenvalue weighted by Crippen LogP contribution is 2.47. The number of Topliss-reactive ketones (excluding diaryl/α,β-unsaturated/α-hetero) is 5. The number of nitrogens with one attached hydrogen (secondary N) is 1. The molecule has 1 saturated heterocycles. The van der Waals surface area contributed by atoms with E-state index in [9.17, 15) is 49.2 Å². The van der Waals surface area contributed by atoms with Gasteiger partial charge in [-0.3, -0.25) is 24.0 Å². The number of ether oxygens (including phenoxy) is 2. The molecule has 0 bridgehead atoms. The van der Waals surface area contributed by atoms with Crippen LogP contribution in [-0.2, 0) is 33.4 Å². The summed E-state index contributed by atoms with van der Waals surface area (Å²) < 4.78 is 10.0. The topological polar surface area (TPSA) is 227 Å². The molecule has 1 unspecified atom stereocenters. The van der Waals surface area contributed by atoms with Crippen molar-refractivity contribution in [1.82, 2.24) is 4.98 Å². The molecule has 198 valence electrons. The average molecular weight is 531 g/mol. The first-order chi connectivity index (χ1) is 16.5. The van der Waals surface area contributed by atoms with E-state index in [1.807, 2.05) is 0 Å². The second-order valence-electron chi connectivity index (χ2n) is 8.13. The van der Waals surface area contributed by atoms with Gasteiger partial charge in [-0.2, -0.15) is 0 Å². The molecule has 1 aromatic rings. The van der Waals surface area contributed by atoms with Gasteiger partial charge in [-0.05, 0) is 34.6 Å². The predicted octanol–water partition coefficient (Wildman–Crippen LogP) is -2.06. The Morgan fingerprint density at radius 3 is 2.06 bits per heavy atom. The molecule has 15 heteroatoms. The monoisotopic (exact) mass is 530 g/mol. The quantitative estimate of drug-likeness (QED) is 0.124. The molecule has 14 nitrogen and oxygen atoms in total. The lowest BCUT2D eigenvalue weighted by molar-refractivity contribution is -0.322. The third kappa shape index (κ3) is 4.27. The molecule has 1 fully saturated rings. The first kappa shape index (κ1) is 29.3. The Hall–Kier alpha value is -2.95. The molecule has 0 amide bonds. The molecule has 0 aromatic carbocycles. The minimum Gasteiger partial charge on any atom is -0.460 e. The maximum absolute atomic E-state index is 12.7. The number of rotatable bonds is 10. The van der Waals surface area contributed by atoms with Gasteiger partial charge in [-0.1, -0.05) is 11.3 Å². The summed E-state index contributed by atoms with van der Waals surface area (Å²) >= 11 is 0.531. The average Bonchev–Trinajstić information content (AvgIpc) is 3.26. The van der Waals surface area contributed by atoms with Crippen LogP contribution in [0.2, 0.25) is 0 Å². The van der Waals surface area contributed by atoms with E-state index in [0.717, 1.165) is 20.0 Å². The number of hydrogen-bond acceptors (Lipinski definition) is 15. The Morgan fingerprint density at radius 2 is 1.61 bits per heavy atom. The third-order valence-electron chi connectivity index (χ3n) is 5.91. The molecule has 1 aliphatic rings. The van der Waals surface area contributed by atoms with Gasteiger partial charge in [0.15, 0.2) is 40.1 Å². The largest absolute Gasteiger partial charge is 0.460 e. The molecule has 5 N–H and O–H groups in total. The first-order valence-electron chi connectivity index (χ1n) is 10.5. The summed E-state index contributed by atoms with van der Waals surface area (Å²) in [4.78, 5) is 77.3. The highest BCUT2D eigenvalue weighted by Gasteiger charge is 2.79. The summed E-state index contributed by atoms with van der Waals surface area (Å²) in [5.74, 6) is -7.51. The van der Waals surface area contributed by atoms with E-state index >= 15 is 0 Å². The molecule has 2 heterocycles. The number of ketones is 5. The van der Waals surface area contributed by atoms with Gasteiger partial charge >= 0.3 is 5.97 Å². The summed E-state index contributed by atoms with van der Waals surface area (Å²) in [7, 11) is 0. The van der Waals surface area contributed by atoms with E-state index in [-0.39, 0.29) is 16.6 Å². The van der Waals surface area contributed by atoms with Gasteiger partial charge in [-0.25, -0.2) is 9.78 Å². The number of hydrogen-bond donors (Lipinski definition) is 5. The van der Waals surface area contributed by atoms with Crippen LogP contribution in [0.5, 0.6) is 0 Å². The van der Waals surface area contributed by atoms with Gasteiger partial charge in [0.1, 0.15) is 17.1 Å². The van der Waals surface area contributed by atoms with Crippen molar-refractivity contribution in [3.05, 3.63) is 11.1 Å². The Balaban J connectivity index is 2.69. The number of nitrogens with zero attached hydrogens (tertiary/aromatic N) is 1.